The van der Waals surface area contributed by atoms with E-state index >= 15 is 0 Å². The van der Waals surface area contributed by atoms with Crippen LogP contribution in [-0.2, 0) is 11.4 Å². The van der Waals surface area contributed by atoms with Crippen molar-refractivity contribution < 1.29 is 19.1 Å². The molecule has 36 heavy (non-hydrogen) atoms. The van der Waals surface area contributed by atoms with E-state index < -0.39 is 0 Å². The van der Waals surface area contributed by atoms with Gasteiger partial charge in [-0.05, 0) is 77.0 Å². The Morgan fingerprint density at radius 2 is 1.69 bits per heavy atom. The van der Waals surface area contributed by atoms with E-state index in [4.69, 9.17) is 21.1 Å². The third kappa shape index (κ3) is 4.96. The van der Waals surface area contributed by atoms with Gasteiger partial charge in [0.15, 0.2) is 11.5 Å². The SMILES string of the molecule is CCOc1cc(/C=C2\SC(=O)N(c3cccc(Cl)c3)C2=O)ccc1OCc1cccc2ccccc12. The van der Waals surface area contributed by atoms with Crippen LogP contribution < -0.4 is 14.4 Å². The molecule has 1 aliphatic rings. The van der Waals surface area contributed by atoms with Crippen molar-refractivity contribution in [1.82, 2.24) is 0 Å². The molecule has 5 rings (SSSR count). The lowest BCUT2D eigenvalue weighted by atomic mass is 10.1. The normalized spacial score (nSPS) is 14.6. The lowest BCUT2D eigenvalue weighted by molar-refractivity contribution is -0.113. The van der Waals surface area contributed by atoms with Crippen LogP contribution >= 0.6 is 23.4 Å². The van der Waals surface area contributed by atoms with Gasteiger partial charge in [-0.3, -0.25) is 9.59 Å². The third-order valence-corrected chi connectivity index (χ3v) is 6.79. The molecule has 0 aliphatic carbocycles. The van der Waals surface area contributed by atoms with Crippen molar-refractivity contribution in [2.45, 2.75) is 13.5 Å². The minimum Gasteiger partial charge on any atom is -0.490 e. The van der Waals surface area contributed by atoms with E-state index in [1.165, 1.54) is 0 Å². The Bertz CT molecular complexity index is 1490. The van der Waals surface area contributed by atoms with E-state index in [2.05, 4.69) is 18.2 Å². The maximum atomic E-state index is 13.0. The van der Waals surface area contributed by atoms with Crippen LogP contribution in [0.25, 0.3) is 16.8 Å². The molecule has 0 radical (unpaired) electrons. The average Bonchev–Trinajstić information content (AvgIpc) is 3.16. The summed E-state index contributed by atoms with van der Waals surface area (Å²) < 4.78 is 12.0. The number of ether oxygens (including phenoxy) is 2. The summed E-state index contributed by atoms with van der Waals surface area (Å²) in [4.78, 5) is 27.0. The summed E-state index contributed by atoms with van der Waals surface area (Å²) in [7, 11) is 0. The molecule has 2 amide bonds. The monoisotopic (exact) mass is 515 g/mol. The Hall–Kier alpha value is -3.74. The second-order valence-electron chi connectivity index (χ2n) is 8.06. The van der Waals surface area contributed by atoms with Gasteiger partial charge in [0.25, 0.3) is 11.1 Å². The number of hydrogen-bond acceptors (Lipinski definition) is 5. The van der Waals surface area contributed by atoms with Crippen LogP contribution in [-0.4, -0.2) is 17.8 Å². The highest BCUT2D eigenvalue weighted by atomic mass is 35.5. The number of nitrogens with zero attached hydrogens (tertiary/aromatic N) is 1. The van der Waals surface area contributed by atoms with Gasteiger partial charge in [-0.15, -0.1) is 0 Å². The number of anilines is 1. The molecular weight excluding hydrogens is 494 g/mol. The number of carbonyl (C=O) groups is 2. The van der Waals surface area contributed by atoms with E-state index in [0.717, 1.165) is 38.6 Å². The van der Waals surface area contributed by atoms with Crippen molar-refractivity contribution in [2.75, 3.05) is 11.5 Å². The molecular formula is C29H22ClNO4S. The first-order chi connectivity index (χ1) is 17.5. The Balaban J connectivity index is 1.38. The van der Waals surface area contributed by atoms with Gasteiger partial charge >= 0.3 is 0 Å². The van der Waals surface area contributed by atoms with Gasteiger partial charge in [0.1, 0.15) is 6.61 Å². The summed E-state index contributed by atoms with van der Waals surface area (Å²) in [6, 6.07) is 26.5. The van der Waals surface area contributed by atoms with E-state index in [0.29, 0.717) is 40.3 Å². The highest BCUT2D eigenvalue weighted by molar-refractivity contribution is 8.19. The van der Waals surface area contributed by atoms with E-state index in [1.54, 1.807) is 30.3 Å². The summed E-state index contributed by atoms with van der Waals surface area (Å²) in [6.45, 7) is 2.75. The van der Waals surface area contributed by atoms with Gasteiger partial charge < -0.3 is 9.47 Å². The maximum Gasteiger partial charge on any atom is 0.298 e. The van der Waals surface area contributed by atoms with Crippen LogP contribution in [0.2, 0.25) is 5.02 Å². The van der Waals surface area contributed by atoms with E-state index in [-0.39, 0.29) is 11.1 Å². The summed E-state index contributed by atoms with van der Waals surface area (Å²) in [5.74, 6) is 0.788. The zero-order valence-electron chi connectivity index (χ0n) is 19.4. The third-order valence-electron chi connectivity index (χ3n) is 5.69. The zero-order valence-corrected chi connectivity index (χ0v) is 21.0. The molecule has 1 saturated heterocycles. The molecule has 5 nitrogen and oxygen atoms in total. The number of thioether (sulfide) groups is 1. The van der Waals surface area contributed by atoms with Crippen molar-refractivity contribution in [3.63, 3.8) is 0 Å². The van der Waals surface area contributed by atoms with Crippen LogP contribution in [0.3, 0.4) is 0 Å². The Labute approximate surface area is 218 Å². The Morgan fingerprint density at radius 3 is 2.53 bits per heavy atom. The second kappa shape index (κ2) is 10.5. The molecule has 180 valence electrons. The quantitative estimate of drug-likeness (QED) is 0.236. The number of amides is 2. The topological polar surface area (TPSA) is 55.8 Å². The van der Waals surface area contributed by atoms with Gasteiger partial charge in [-0.1, -0.05) is 66.2 Å². The molecule has 0 aromatic heterocycles. The number of benzene rings is 4. The number of fused-ring (bicyclic) bond motifs is 1. The summed E-state index contributed by atoms with van der Waals surface area (Å²) in [5, 5.41) is 2.39. The lowest BCUT2D eigenvalue weighted by Crippen LogP contribution is -2.27. The van der Waals surface area contributed by atoms with Crippen molar-refractivity contribution in [3.05, 3.63) is 106 Å². The minimum absolute atomic E-state index is 0.326. The standard InChI is InChI=1S/C29H22ClNO4S/c1-2-34-26-15-19(16-27-28(32)31(29(33)36-27)23-11-6-10-22(30)17-23)13-14-25(26)35-18-21-9-5-8-20-7-3-4-12-24(20)21/h3-17H,2,18H2,1H3/b27-16-. The fourth-order valence-electron chi connectivity index (χ4n) is 4.03. The molecule has 1 aliphatic heterocycles. The lowest BCUT2D eigenvalue weighted by Gasteiger charge is -2.14. The van der Waals surface area contributed by atoms with Crippen LogP contribution in [0.5, 0.6) is 11.5 Å². The van der Waals surface area contributed by atoms with Gasteiger partial charge in [0.2, 0.25) is 0 Å². The fraction of sp³-hybridized carbons (Fsp3) is 0.103. The first-order valence-corrected chi connectivity index (χ1v) is 12.6. The second-order valence-corrected chi connectivity index (χ2v) is 9.49. The molecule has 1 heterocycles. The highest BCUT2D eigenvalue weighted by Gasteiger charge is 2.36. The summed E-state index contributed by atoms with van der Waals surface area (Å²) in [5.41, 5.74) is 2.25. The van der Waals surface area contributed by atoms with E-state index in [9.17, 15) is 9.59 Å². The first-order valence-electron chi connectivity index (χ1n) is 11.4. The molecule has 0 spiro atoms. The predicted octanol–water partition coefficient (Wildman–Crippen LogP) is 7.71. The minimum atomic E-state index is -0.387. The number of carbonyl (C=O) groups excluding carboxylic acids is 2. The van der Waals surface area contributed by atoms with Crippen molar-refractivity contribution in [3.8, 4) is 11.5 Å². The largest absolute Gasteiger partial charge is 0.490 e. The van der Waals surface area contributed by atoms with Crippen LogP contribution in [0, 0.1) is 0 Å². The molecule has 4 aromatic carbocycles. The molecule has 0 saturated carbocycles. The van der Waals surface area contributed by atoms with Crippen molar-refractivity contribution in [2.24, 2.45) is 0 Å². The van der Waals surface area contributed by atoms with Crippen LogP contribution in [0.15, 0.2) is 89.8 Å². The van der Waals surface area contributed by atoms with Crippen molar-refractivity contribution >= 4 is 57.0 Å². The number of rotatable bonds is 7. The smallest absolute Gasteiger partial charge is 0.298 e. The van der Waals surface area contributed by atoms with Crippen molar-refractivity contribution in [1.29, 1.82) is 0 Å². The van der Waals surface area contributed by atoms with Crippen LogP contribution in [0.4, 0.5) is 10.5 Å². The number of halogens is 1. The predicted molar refractivity (Wildman–Crippen MR) is 146 cm³/mol. The average molecular weight is 516 g/mol. The summed E-state index contributed by atoms with van der Waals surface area (Å²) >= 11 is 6.94. The molecule has 0 N–H and O–H groups in total. The molecule has 0 atom stereocenters. The van der Waals surface area contributed by atoms with Gasteiger partial charge in [-0.2, -0.15) is 0 Å². The molecule has 0 bridgehead atoms. The molecule has 4 aromatic rings. The van der Waals surface area contributed by atoms with E-state index in [1.807, 2.05) is 49.4 Å². The maximum absolute atomic E-state index is 13.0. The van der Waals surface area contributed by atoms with Crippen LogP contribution in [0.1, 0.15) is 18.1 Å². The number of hydrogen-bond donors (Lipinski definition) is 0. The Morgan fingerprint density at radius 1 is 0.889 bits per heavy atom. The fourth-order valence-corrected chi connectivity index (χ4v) is 5.06. The molecule has 7 heteroatoms. The highest BCUT2D eigenvalue weighted by Crippen LogP contribution is 2.38. The van der Waals surface area contributed by atoms with Gasteiger partial charge in [0.05, 0.1) is 17.2 Å². The molecule has 0 unspecified atom stereocenters. The Kier molecular flexibility index (Phi) is 6.98. The molecule has 1 fully saturated rings. The first kappa shape index (κ1) is 24.0. The number of imide groups is 1. The van der Waals surface area contributed by atoms with Gasteiger partial charge in [0, 0.05) is 5.02 Å². The summed E-state index contributed by atoms with van der Waals surface area (Å²) in [6.07, 6.45) is 1.69. The zero-order chi connectivity index (χ0) is 25.1. The van der Waals surface area contributed by atoms with Gasteiger partial charge in [-0.25, -0.2) is 4.90 Å².